The van der Waals surface area contributed by atoms with Crippen LogP contribution in [0.3, 0.4) is 0 Å². The normalized spacial score (nSPS) is 24.1. The molecular formula is C16H24F2N4O2. The number of carbonyl (C=O) groups excluding carboxylic acids is 1. The third kappa shape index (κ3) is 3.92. The van der Waals surface area contributed by atoms with E-state index in [1.165, 1.54) is 4.90 Å². The number of nitrogens with zero attached hydrogens (tertiary/aromatic N) is 3. The summed E-state index contributed by atoms with van der Waals surface area (Å²) in [5.74, 6) is -1.53. The molecule has 2 fully saturated rings. The predicted octanol–water partition coefficient (Wildman–Crippen LogP) is 1.72. The molecule has 8 heteroatoms. The molecule has 2 aliphatic rings. The van der Waals surface area contributed by atoms with Crippen LogP contribution in [-0.4, -0.2) is 78.0 Å². The van der Waals surface area contributed by atoms with E-state index in [-0.39, 0.29) is 12.3 Å². The molecule has 1 atom stereocenters. The van der Waals surface area contributed by atoms with Gasteiger partial charge in [-0.05, 0) is 25.9 Å². The van der Waals surface area contributed by atoms with Gasteiger partial charge in [-0.25, -0.2) is 13.8 Å². The maximum atomic E-state index is 12.7. The highest BCUT2D eigenvalue weighted by Gasteiger charge is 2.58. The first-order valence-corrected chi connectivity index (χ1v) is 8.35. The number of piperidine rings is 1. The van der Waals surface area contributed by atoms with E-state index < -0.39 is 12.0 Å². The summed E-state index contributed by atoms with van der Waals surface area (Å²) in [7, 11) is 3.42. The number of imidazole rings is 1. The molecule has 1 unspecified atom stereocenters. The first kappa shape index (κ1) is 17.3. The van der Waals surface area contributed by atoms with Crippen molar-refractivity contribution in [3.8, 4) is 0 Å². The predicted molar refractivity (Wildman–Crippen MR) is 84.3 cm³/mol. The van der Waals surface area contributed by atoms with Gasteiger partial charge in [0.2, 0.25) is 0 Å². The van der Waals surface area contributed by atoms with E-state index in [2.05, 4.69) is 14.9 Å². The van der Waals surface area contributed by atoms with E-state index in [1.54, 1.807) is 20.3 Å². The smallest absolute Gasteiger partial charge is 0.276 e. The summed E-state index contributed by atoms with van der Waals surface area (Å²) < 4.78 is 30.6. The second-order valence-corrected chi connectivity index (χ2v) is 6.82. The molecule has 0 radical (unpaired) electrons. The highest BCUT2D eigenvalue weighted by molar-refractivity contribution is 5.91. The van der Waals surface area contributed by atoms with Gasteiger partial charge in [0.25, 0.3) is 11.8 Å². The molecule has 0 aromatic carbocycles. The minimum Gasteiger partial charge on any atom is -0.370 e. The van der Waals surface area contributed by atoms with Crippen molar-refractivity contribution in [2.75, 3.05) is 40.3 Å². The number of alkyl halides is 2. The van der Waals surface area contributed by atoms with Crippen molar-refractivity contribution in [3.05, 3.63) is 17.7 Å². The fourth-order valence-electron chi connectivity index (χ4n) is 3.02. The van der Waals surface area contributed by atoms with E-state index >= 15 is 0 Å². The number of rotatable bonds is 6. The Labute approximate surface area is 140 Å². The molecule has 0 bridgehead atoms. The van der Waals surface area contributed by atoms with Crippen LogP contribution in [0.2, 0.25) is 0 Å². The summed E-state index contributed by atoms with van der Waals surface area (Å²) in [6.45, 7) is 2.80. The molecule has 1 saturated carbocycles. The second kappa shape index (κ2) is 6.76. The highest BCUT2D eigenvalue weighted by atomic mass is 19.3. The lowest BCUT2D eigenvalue weighted by molar-refractivity contribution is 0.00443. The third-order valence-corrected chi connectivity index (χ3v) is 4.70. The number of H-pyrrole nitrogens is 1. The molecule has 1 N–H and O–H groups in total. The zero-order chi connectivity index (χ0) is 17.3. The molecular weight excluding hydrogens is 318 g/mol. The van der Waals surface area contributed by atoms with E-state index in [4.69, 9.17) is 4.74 Å². The Kier molecular flexibility index (Phi) is 4.87. The number of ether oxygens (including phenoxy) is 1. The van der Waals surface area contributed by atoms with E-state index in [0.717, 1.165) is 31.8 Å². The summed E-state index contributed by atoms with van der Waals surface area (Å²) in [5.41, 5.74) is 0.510. The van der Waals surface area contributed by atoms with Crippen molar-refractivity contribution in [1.29, 1.82) is 0 Å². The average Bonchev–Trinajstić information content (AvgIpc) is 2.96. The van der Waals surface area contributed by atoms with Crippen LogP contribution < -0.4 is 0 Å². The Balaban J connectivity index is 1.41. The summed E-state index contributed by atoms with van der Waals surface area (Å²) in [4.78, 5) is 23.1. The van der Waals surface area contributed by atoms with Crippen LogP contribution in [0, 0.1) is 0 Å². The molecule has 0 spiro atoms. The van der Waals surface area contributed by atoms with Crippen molar-refractivity contribution in [2.24, 2.45) is 0 Å². The van der Waals surface area contributed by atoms with Crippen LogP contribution in [0.5, 0.6) is 0 Å². The molecule has 24 heavy (non-hydrogen) atoms. The lowest BCUT2D eigenvalue weighted by Gasteiger charge is -2.30. The maximum Gasteiger partial charge on any atom is 0.276 e. The van der Waals surface area contributed by atoms with E-state index in [1.807, 2.05) is 0 Å². The van der Waals surface area contributed by atoms with Gasteiger partial charge in [0.1, 0.15) is 17.6 Å². The zero-order valence-corrected chi connectivity index (χ0v) is 14.1. The summed E-state index contributed by atoms with van der Waals surface area (Å²) in [6.07, 6.45) is 2.45. The zero-order valence-electron chi connectivity index (χ0n) is 14.1. The van der Waals surface area contributed by atoms with Crippen molar-refractivity contribution >= 4 is 5.91 Å². The minimum absolute atomic E-state index is 0.0831. The largest absolute Gasteiger partial charge is 0.370 e. The molecule has 1 aliphatic heterocycles. The van der Waals surface area contributed by atoms with Gasteiger partial charge in [-0.1, -0.05) is 0 Å². The van der Waals surface area contributed by atoms with Crippen LogP contribution in [-0.2, 0) is 4.74 Å². The van der Waals surface area contributed by atoms with Gasteiger partial charge in [-0.15, -0.1) is 0 Å². The maximum absolute atomic E-state index is 12.7. The lowest BCUT2D eigenvalue weighted by Crippen LogP contribution is -2.36. The van der Waals surface area contributed by atoms with Crippen LogP contribution in [0.15, 0.2) is 6.20 Å². The number of hydrogen-bond acceptors (Lipinski definition) is 4. The van der Waals surface area contributed by atoms with Crippen molar-refractivity contribution in [1.82, 2.24) is 19.8 Å². The summed E-state index contributed by atoms with van der Waals surface area (Å²) in [5, 5.41) is 0. The van der Waals surface area contributed by atoms with Gasteiger partial charge < -0.3 is 19.5 Å². The number of halogens is 2. The molecule has 1 amide bonds. The Morgan fingerprint density at radius 2 is 2.12 bits per heavy atom. The Morgan fingerprint density at radius 3 is 2.71 bits per heavy atom. The first-order chi connectivity index (χ1) is 11.4. The Hall–Kier alpha value is -1.54. The monoisotopic (exact) mass is 342 g/mol. The first-order valence-electron chi connectivity index (χ1n) is 8.35. The van der Waals surface area contributed by atoms with Crippen LogP contribution in [0.4, 0.5) is 8.78 Å². The third-order valence-electron chi connectivity index (χ3n) is 4.70. The lowest BCUT2D eigenvalue weighted by atomic mass is 9.96. The fraction of sp³-hybridized carbons (Fsp3) is 0.750. The van der Waals surface area contributed by atoms with Gasteiger partial charge in [0.05, 0.1) is 12.8 Å². The number of nitrogens with one attached hydrogen (secondary N) is 1. The minimum atomic E-state index is -2.60. The summed E-state index contributed by atoms with van der Waals surface area (Å²) >= 11 is 0. The highest BCUT2D eigenvalue weighted by Crippen LogP contribution is 2.44. The SMILES string of the molecule is CN(C)C(=O)c1cnc(C2CCN(CCOC3CC3(F)F)CC2)[nH]1. The molecule has 6 nitrogen and oxygen atoms in total. The Bertz CT molecular complexity index is 582. The van der Waals surface area contributed by atoms with Crippen molar-refractivity contribution in [3.63, 3.8) is 0 Å². The van der Waals surface area contributed by atoms with Gasteiger partial charge in [0, 0.05) is 33.0 Å². The molecule has 1 aromatic heterocycles. The van der Waals surface area contributed by atoms with Crippen molar-refractivity contribution in [2.45, 2.75) is 37.2 Å². The molecule has 1 saturated heterocycles. The van der Waals surface area contributed by atoms with E-state index in [0.29, 0.717) is 24.8 Å². The number of aromatic nitrogens is 2. The van der Waals surface area contributed by atoms with Crippen LogP contribution in [0.1, 0.15) is 41.5 Å². The number of amides is 1. The number of carbonyl (C=O) groups is 1. The molecule has 3 rings (SSSR count). The van der Waals surface area contributed by atoms with Gasteiger partial charge in [-0.3, -0.25) is 4.79 Å². The topological polar surface area (TPSA) is 61.5 Å². The summed E-state index contributed by atoms with van der Waals surface area (Å²) in [6, 6.07) is 0. The van der Waals surface area contributed by atoms with Crippen LogP contribution in [0.25, 0.3) is 0 Å². The van der Waals surface area contributed by atoms with Crippen LogP contribution >= 0.6 is 0 Å². The molecule has 134 valence electrons. The fourth-order valence-corrected chi connectivity index (χ4v) is 3.02. The molecule has 2 heterocycles. The van der Waals surface area contributed by atoms with Gasteiger partial charge in [0.15, 0.2) is 0 Å². The van der Waals surface area contributed by atoms with Crippen molar-refractivity contribution < 1.29 is 18.3 Å². The Morgan fingerprint density at radius 1 is 1.46 bits per heavy atom. The average molecular weight is 342 g/mol. The molecule has 1 aliphatic carbocycles. The standard InChI is InChI=1S/C16H24F2N4O2/c1-21(2)15(23)12-10-19-14(20-12)11-3-5-22(6-4-11)7-8-24-13-9-16(13,17)18/h10-11,13H,3-9H2,1-2H3,(H,19,20). The number of likely N-dealkylation sites (tertiary alicyclic amines) is 1. The number of aromatic amines is 1. The van der Waals surface area contributed by atoms with Gasteiger partial charge >= 0.3 is 0 Å². The second-order valence-electron chi connectivity index (χ2n) is 6.82. The molecule has 1 aromatic rings. The van der Waals surface area contributed by atoms with E-state index in [9.17, 15) is 13.6 Å². The quantitative estimate of drug-likeness (QED) is 0.855. The number of hydrogen-bond donors (Lipinski definition) is 1. The van der Waals surface area contributed by atoms with Gasteiger partial charge in [-0.2, -0.15) is 0 Å².